The molecule has 0 saturated heterocycles. The summed E-state index contributed by atoms with van der Waals surface area (Å²) >= 11 is 1.46. The van der Waals surface area contributed by atoms with Crippen LogP contribution in [0.25, 0.3) is 28.0 Å². The molecule has 176 valence electrons. The second-order valence-electron chi connectivity index (χ2n) is 8.16. The second-order valence-corrected chi connectivity index (χ2v) is 9.10. The maximum atomic E-state index is 13.5. The molecule has 2 aromatic heterocycles. The third-order valence-corrected chi connectivity index (χ3v) is 6.63. The van der Waals surface area contributed by atoms with Gasteiger partial charge < -0.3 is 9.15 Å². The van der Waals surface area contributed by atoms with Crippen molar-refractivity contribution >= 4 is 22.7 Å². The number of aryl methyl sites for hydroxylation is 2. The van der Waals surface area contributed by atoms with Crippen molar-refractivity contribution in [3.63, 3.8) is 0 Å². The number of thioether (sulfide) groups is 1. The van der Waals surface area contributed by atoms with Gasteiger partial charge >= 0.3 is 0 Å². The Balaban J connectivity index is 1.51. The first kappa shape index (κ1) is 22.9. The predicted octanol–water partition coefficient (Wildman–Crippen LogP) is 6.35. The number of aromatic nitrogens is 3. The van der Waals surface area contributed by atoms with Gasteiger partial charge in [-0.25, -0.2) is 9.97 Å². The SMILES string of the molecule is CCOc1ccc(-n2c(SCc3nc(-c4ccc(C)cc4)oc3C)nc3ccccc3c2=O)cc1. The Morgan fingerprint density at radius 1 is 0.943 bits per heavy atom. The normalized spacial score (nSPS) is 11.2. The van der Waals surface area contributed by atoms with Crippen LogP contribution in [0, 0.1) is 13.8 Å². The molecule has 0 aliphatic rings. The molecule has 5 aromatic rings. The van der Waals surface area contributed by atoms with E-state index < -0.39 is 0 Å². The van der Waals surface area contributed by atoms with Crippen LogP contribution in [-0.4, -0.2) is 21.1 Å². The molecule has 6 nitrogen and oxygen atoms in total. The molecule has 0 aliphatic heterocycles. The van der Waals surface area contributed by atoms with Gasteiger partial charge in [-0.1, -0.05) is 41.6 Å². The van der Waals surface area contributed by atoms with Crippen molar-refractivity contribution in [1.29, 1.82) is 0 Å². The fourth-order valence-electron chi connectivity index (χ4n) is 3.81. The first-order valence-corrected chi connectivity index (χ1v) is 12.4. The van der Waals surface area contributed by atoms with Gasteiger partial charge in [0.2, 0.25) is 5.89 Å². The summed E-state index contributed by atoms with van der Waals surface area (Å²) in [4.78, 5) is 23.1. The van der Waals surface area contributed by atoms with Crippen molar-refractivity contribution < 1.29 is 9.15 Å². The zero-order chi connectivity index (χ0) is 24.4. The molecule has 7 heteroatoms. The molecule has 0 amide bonds. The second kappa shape index (κ2) is 9.80. The number of hydrogen-bond donors (Lipinski definition) is 0. The molecule has 0 aliphatic carbocycles. The largest absolute Gasteiger partial charge is 0.494 e. The Kier molecular flexibility index (Phi) is 6.42. The van der Waals surface area contributed by atoms with Crippen LogP contribution in [0.1, 0.15) is 23.9 Å². The standard InChI is InChI=1S/C28H25N3O3S/c1-4-33-22-15-13-21(14-16-22)31-27(32)23-7-5-6-8-24(23)30-28(31)35-17-25-19(3)34-26(29-25)20-11-9-18(2)10-12-20/h5-16H,4,17H2,1-3H3. The minimum Gasteiger partial charge on any atom is -0.494 e. The smallest absolute Gasteiger partial charge is 0.266 e. The summed E-state index contributed by atoms with van der Waals surface area (Å²) in [6.45, 7) is 6.48. The number of benzene rings is 3. The molecule has 0 radical (unpaired) electrons. The first-order chi connectivity index (χ1) is 17.0. The van der Waals surface area contributed by atoms with E-state index in [9.17, 15) is 4.79 Å². The molecular formula is C28H25N3O3S. The Morgan fingerprint density at radius 2 is 1.69 bits per heavy atom. The molecule has 35 heavy (non-hydrogen) atoms. The summed E-state index contributed by atoms with van der Waals surface area (Å²) in [5, 5.41) is 1.17. The maximum absolute atomic E-state index is 13.5. The first-order valence-electron chi connectivity index (χ1n) is 11.4. The van der Waals surface area contributed by atoms with Crippen molar-refractivity contribution in [2.24, 2.45) is 0 Å². The lowest BCUT2D eigenvalue weighted by molar-refractivity contribution is 0.340. The van der Waals surface area contributed by atoms with Crippen LogP contribution >= 0.6 is 11.8 Å². The Morgan fingerprint density at radius 3 is 2.43 bits per heavy atom. The van der Waals surface area contributed by atoms with Crippen LogP contribution in [0.5, 0.6) is 5.75 Å². The number of ether oxygens (including phenoxy) is 1. The minimum absolute atomic E-state index is 0.112. The van der Waals surface area contributed by atoms with E-state index in [1.165, 1.54) is 17.3 Å². The Hall–Kier alpha value is -3.84. The average molecular weight is 484 g/mol. The molecule has 0 fully saturated rings. The summed E-state index contributed by atoms with van der Waals surface area (Å²) in [7, 11) is 0. The molecule has 0 atom stereocenters. The highest BCUT2D eigenvalue weighted by Gasteiger charge is 2.17. The quantitative estimate of drug-likeness (QED) is 0.198. The number of rotatable bonds is 7. The maximum Gasteiger partial charge on any atom is 0.266 e. The summed E-state index contributed by atoms with van der Waals surface area (Å²) in [5.41, 5.74) is 4.23. The zero-order valence-electron chi connectivity index (χ0n) is 19.8. The molecule has 3 aromatic carbocycles. The lowest BCUT2D eigenvalue weighted by Gasteiger charge is -2.13. The van der Waals surface area contributed by atoms with Gasteiger partial charge in [0.25, 0.3) is 5.56 Å². The lowest BCUT2D eigenvalue weighted by atomic mass is 10.1. The molecule has 0 spiro atoms. The van der Waals surface area contributed by atoms with Gasteiger partial charge in [-0.05, 0) is 69.3 Å². The highest BCUT2D eigenvalue weighted by atomic mass is 32.2. The van der Waals surface area contributed by atoms with E-state index in [1.807, 2.05) is 87.5 Å². The van der Waals surface area contributed by atoms with Crippen LogP contribution in [0.4, 0.5) is 0 Å². The molecule has 0 bridgehead atoms. The monoisotopic (exact) mass is 483 g/mol. The van der Waals surface area contributed by atoms with Gasteiger partial charge in [0, 0.05) is 11.3 Å². The highest BCUT2D eigenvalue weighted by molar-refractivity contribution is 7.98. The van der Waals surface area contributed by atoms with Crippen LogP contribution in [0.15, 0.2) is 87.2 Å². The summed E-state index contributed by atoms with van der Waals surface area (Å²) in [5.74, 6) is 2.62. The van der Waals surface area contributed by atoms with Crippen LogP contribution in [0.3, 0.4) is 0 Å². The molecule has 0 saturated carbocycles. The van der Waals surface area contributed by atoms with Gasteiger partial charge in [0.15, 0.2) is 5.16 Å². The van der Waals surface area contributed by atoms with Gasteiger partial charge in [-0.2, -0.15) is 0 Å². The fourth-order valence-corrected chi connectivity index (χ4v) is 4.82. The summed E-state index contributed by atoms with van der Waals surface area (Å²) < 4.78 is 13.2. The average Bonchev–Trinajstić information content (AvgIpc) is 3.24. The number of fused-ring (bicyclic) bond motifs is 1. The molecule has 0 unspecified atom stereocenters. The lowest BCUT2D eigenvalue weighted by Crippen LogP contribution is -2.21. The van der Waals surface area contributed by atoms with Crippen molar-refractivity contribution in [2.75, 3.05) is 6.61 Å². The van der Waals surface area contributed by atoms with E-state index in [-0.39, 0.29) is 5.56 Å². The van der Waals surface area contributed by atoms with E-state index in [1.54, 1.807) is 10.6 Å². The van der Waals surface area contributed by atoms with E-state index >= 15 is 0 Å². The van der Waals surface area contributed by atoms with Crippen LogP contribution < -0.4 is 10.3 Å². The molecule has 2 heterocycles. The molecular weight excluding hydrogens is 458 g/mol. The van der Waals surface area contributed by atoms with E-state index in [4.69, 9.17) is 19.1 Å². The minimum atomic E-state index is -0.112. The number of oxazole rings is 1. The van der Waals surface area contributed by atoms with Crippen molar-refractivity contribution in [1.82, 2.24) is 14.5 Å². The topological polar surface area (TPSA) is 70.2 Å². The number of nitrogens with zero attached hydrogens (tertiary/aromatic N) is 3. The van der Waals surface area contributed by atoms with Crippen LogP contribution in [-0.2, 0) is 5.75 Å². The Bertz CT molecular complexity index is 1540. The van der Waals surface area contributed by atoms with Gasteiger partial charge in [-0.3, -0.25) is 9.36 Å². The summed E-state index contributed by atoms with van der Waals surface area (Å²) in [6.07, 6.45) is 0. The van der Waals surface area contributed by atoms with Crippen molar-refractivity contribution in [3.8, 4) is 22.9 Å². The Labute approximate surface area is 207 Å². The zero-order valence-corrected chi connectivity index (χ0v) is 20.6. The van der Waals surface area contributed by atoms with Crippen molar-refractivity contribution in [2.45, 2.75) is 31.7 Å². The van der Waals surface area contributed by atoms with E-state index in [0.29, 0.717) is 34.3 Å². The molecule has 0 N–H and O–H groups in total. The fraction of sp³-hybridized carbons (Fsp3) is 0.179. The van der Waals surface area contributed by atoms with Crippen molar-refractivity contribution in [3.05, 3.63) is 100 Å². The third-order valence-electron chi connectivity index (χ3n) is 5.68. The summed E-state index contributed by atoms with van der Waals surface area (Å²) in [6, 6.07) is 23.0. The predicted molar refractivity (Wildman–Crippen MR) is 139 cm³/mol. The highest BCUT2D eigenvalue weighted by Crippen LogP contribution is 2.29. The number of hydrogen-bond acceptors (Lipinski definition) is 6. The van der Waals surface area contributed by atoms with Gasteiger partial charge in [-0.15, -0.1) is 0 Å². The van der Waals surface area contributed by atoms with E-state index in [0.717, 1.165) is 28.5 Å². The van der Waals surface area contributed by atoms with Crippen LogP contribution in [0.2, 0.25) is 0 Å². The van der Waals surface area contributed by atoms with E-state index in [2.05, 4.69) is 0 Å². The number of para-hydroxylation sites is 1. The molecule has 5 rings (SSSR count). The van der Waals surface area contributed by atoms with Gasteiger partial charge in [0.05, 0.1) is 28.9 Å². The third kappa shape index (κ3) is 4.72. The van der Waals surface area contributed by atoms with Gasteiger partial charge in [0.1, 0.15) is 11.5 Å².